The molecule has 1 saturated heterocycles. The number of rotatable bonds is 14. The number of anilines is 1. The largest absolute Gasteiger partial charge is 0.379 e. The molecule has 16 heteroatoms. The Balaban J connectivity index is 2.29. The summed E-state index contributed by atoms with van der Waals surface area (Å²) in [6.07, 6.45) is 1.42. The summed E-state index contributed by atoms with van der Waals surface area (Å²) < 4.78 is 32.6. The van der Waals surface area contributed by atoms with Crippen LogP contribution in [0.4, 0.5) is 17.1 Å². The van der Waals surface area contributed by atoms with E-state index in [2.05, 4.69) is 26.1 Å². The molecule has 1 heterocycles. The summed E-state index contributed by atoms with van der Waals surface area (Å²) in [5.41, 5.74) is -2.15. The Morgan fingerprint density at radius 1 is 1.23 bits per heavy atom. The van der Waals surface area contributed by atoms with Crippen LogP contribution in [0.15, 0.2) is 12.1 Å². The summed E-state index contributed by atoms with van der Waals surface area (Å²) in [6, 6.07) is 2.21. The second kappa shape index (κ2) is 13.6. The maximum absolute atomic E-state index is 12.9. The second-order valence-electron chi connectivity index (χ2n) is 7.61. The lowest BCUT2D eigenvalue weighted by atomic mass is 10.1. The fraction of sp³-hybridized carbons (Fsp3) is 0.632. The number of nitrogens with one attached hydrogen (secondary N) is 1. The summed E-state index contributed by atoms with van der Waals surface area (Å²) in [5.74, 6) is -0.932. The van der Waals surface area contributed by atoms with Crippen LogP contribution in [0.2, 0.25) is 0 Å². The van der Waals surface area contributed by atoms with E-state index < -0.39 is 42.8 Å². The van der Waals surface area contributed by atoms with Crippen LogP contribution in [-0.4, -0.2) is 99.7 Å². The average Bonchev–Trinajstić information content (AvgIpc) is 2.80. The number of ether oxygens (including phenoxy) is 1. The third kappa shape index (κ3) is 8.96. The van der Waals surface area contributed by atoms with E-state index in [1.165, 1.54) is 11.0 Å². The van der Waals surface area contributed by atoms with Crippen molar-refractivity contribution in [2.45, 2.75) is 6.42 Å². The van der Waals surface area contributed by atoms with Crippen molar-refractivity contribution in [2.24, 2.45) is 0 Å². The highest BCUT2D eigenvalue weighted by atomic mass is 79.9. The van der Waals surface area contributed by atoms with Gasteiger partial charge < -0.3 is 15.0 Å². The monoisotopic (exact) mass is 581 g/mol. The number of hydrogen-bond acceptors (Lipinski definition) is 11. The minimum atomic E-state index is -3.74. The number of morpholine rings is 1. The molecule has 0 spiro atoms. The number of halogens is 1. The van der Waals surface area contributed by atoms with Gasteiger partial charge in [0.15, 0.2) is 5.56 Å². The smallest absolute Gasteiger partial charge is 0.312 e. The number of benzene rings is 1. The van der Waals surface area contributed by atoms with E-state index >= 15 is 0 Å². The van der Waals surface area contributed by atoms with Crippen molar-refractivity contribution in [3.05, 3.63) is 37.9 Å². The van der Waals surface area contributed by atoms with Gasteiger partial charge in [0.2, 0.25) is 0 Å². The van der Waals surface area contributed by atoms with E-state index in [1.54, 1.807) is 0 Å². The fourth-order valence-electron chi connectivity index (χ4n) is 3.56. The molecule has 0 atom stereocenters. The number of carbonyl (C=O) groups excluding carboxylic acids is 1. The molecule has 196 valence electrons. The molecule has 1 aliphatic heterocycles. The fourth-order valence-corrected chi connectivity index (χ4v) is 4.36. The highest BCUT2D eigenvalue weighted by Gasteiger charge is 2.35. The van der Waals surface area contributed by atoms with Crippen molar-refractivity contribution in [2.75, 3.05) is 75.6 Å². The molecule has 1 N–H and O–H groups in total. The van der Waals surface area contributed by atoms with Crippen LogP contribution < -0.4 is 10.2 Å². The molecule has 35 heavy (non-hydrogen) atoms. The lowest BCUT2D eigenvalue weighted by Gasteiger charge is -2.26. The number of nitro benzene ring substituents is 2. The first-order valence-corrected chi connectivity index (χ1v) is 13.7. The van der Waals surface area contributed by atoms with Crippen molar-refractivity contribution in [1.29, 1.82) is 0 Å². The SMILES string of the molecule is CS(=O)(=O)OCCN(CCBr)c1ccc([N+](=O)[O-])c(C(=O)NCCCN2CCOCC2)c1[N+](=O)[O-]. The van der Waals surface area contributed by atoms with E-state index in [1.807, 2.05) is 0 Å². The van der Waals surface area contributed by atoms with E-state index in [4.69, 9.17) is 8.92 Å². The molecule has 1 fully saturated rings. The van der Waals surface area contributed by atoms with Crippen LogP contribution in [0.25, 0.3) is 0 Å². The van der Waals surface area contributed by atoms with Crippen molar-refractivity contribution >= 4 is 49.0 Å². The molecule has 1 aromatic carbocycles. The van der Waals surface area contributed by atoms with Gasteiger partial charge in [0, 0.05) is 44.1 Å². The highest BCUT2D eigenvalue weighted by Crippen LogP contribution is 2.37. The van der Waals surface area contributed by atoms with Gasteiger partial charge in [-0.3, -0.25) is 34.1 Å². The topological polar surface area (TPSA) is 174 Å². The first kappa shape index (κ1) is 28.8. The van der Waals surface area contributed by atoms with Gasteiger partial charge >= 0.3 is 5.69 Å². The Kier molecular flexibility index (Phi) is 11.2. The Morgan fingerprint density at radius 2 is 1.91 bits per heavy atom. The zero-order valence-corrected chi connectivity index (χ0v) is 21.6. The molecule has 0 saturated carbocycles. The molecule has 0 unspecified atom stereocenters. The highest BCUT2D eigenvalue weighted by molar-refractivity contribution is 9.09. The normalized spacial score (nSPS) is 14.5. The number of hydrogen-bond donors (Lipinski definition) is 1. The number of amides is 1. The summed E-state index contributed by atoms with van der Waals surface area (Å²) in [5, 5.41) is 26.5. The zero-order chi connectivity index (χ0) is 26.0. The molecular formula is C19H28BrN5O9S. The summed E-state index contributed by atoms with van der Waals surface area (Å²) >= 11 is 3.23. The first-order valence-electron chi connectivity index (χ1n) is 10.7. The van der Waals surface area contributed by atoms with E-state index in [9.17, 15) is 33.4 Å². The second-order valence-corrected chi connectivity index (χ2v) is 10.0. The van der Waals surface area contributed by atoms with E-state index in [0.717, 1.165) is 25.4 Å². The number of carbonyl (C=O) groups is 1. The maximum Gasteiger partial charge on any atom is 0.312 e. The summed E-state index contributed by atoms with van der Waals surface area (Å²) in [6.45, 7) is 3.43. The quantitative estimate of drug-likeness (QED) is 0.109. The minimum Gasteiger partial charge on any atom is -0.379 e. The maximum atomic E-state index is 12.9. The Morgan fingerprint density at radius 3 is 2.49 bits per heavy atom. The number of nitrogens with zero attached hydrogens (tertiary/aromatic N) is 4. The summed E-state index contributed by atoms with van der Waals surface area (Å²) in [4.78, 5) is 38.5. The van der Waals surface area contributed by atoms with E-state index in [-0.39, 0.29) is 31.9 Å². The van der Waals surface area contributed by atoms with Gasteiger partial charge in [-0.15, -0.1) is 0 Å². The Hall–Kier alpha value is -2.40. The van der Waals surface area contributed by atoms with Gasteiger partial charge in [-0.2, -0.15) is 8.42 Å². The molecule has 0 aliphatic carbocycles. The van der Waals surface area contributed by atoms with Crippen molar-refractivity contribution in [1.82, 2.24) is 10.2 Å². The minimum absolute atomic E-state index is 0.0596. The molecule has 14 nitrogen and oxygen atoms in total. The predicted octanol–water partition coefficient (Wildman–Crippen LogP) is 1.13. The van der Waals surface area contributed by atoms with Crippen molar-refractivity contribution < 1.29 is 32.0 Å². The number of nitro groups is 2. The van der Waals surface area contributed by atoms with Crippen LogP contribution in [-0.2, 0) is 19.0 Å². The molecule has 0 radical (unpaired) electrons. The Bertz CT molecular complexity index is 1020. The van der Waals surface area contributed by atoms with Crippen LogP contribution in [0.1, 0.15) is 16.8 Å². The van der Waals surface area contributed by atoms with Gasteiger partial charge in [-0.05, 0) is 19.0 Å². The van der Waals surface area contributed by atoms with Gasteiger partial charge in [-0.1, -0.05) is 15.9 Å². The molecule has 1 aliphatic rings. The van der Waals surface area contributed by atoms with Crippen molar-refractivity contribution in [3.8, 4) is 0 Å². The van der Waals surface area contributed by atoms with Crippen molar-refractivity contribution in [3.63, 3.8) is 0 Å². The zero-order valence-electron chi connectivity index (χ0n) is 19.2. The third-order valence-corrected chi connectivity index (χ3v) is 6.08. The summed E-state index contributed by atoms with van der Waals surface area (Å²) in [7, 11) is -3.74. The molecule has 1 aromatic rings. The predicted molar refractivity (Wildman–Crippen MR) is 131 cm³/mol. The van der Waals surface area contributed by atoms with Gasteiger partial charge in [0.1, 0.15) is 5.69 Å². The first-order chi connectivity index (χ1) is 16.5. The van der Waals surface area contributed by atoms with Gasteiger partial charge in [0.05, 0.1) is 35.9 Å². The lowest BCUT2D eigenvalue weighted by Crippen LogP contribution is -2.38. The van der Waals surface area contributed by atoms with Crippen LogP contribution in [0, 0.1) is 20.2 Å². The average molecular weight is 582 g/mol. The van der Waals surface area contributed by atoms with Crippen LogP contribution in [0.3, 0.4) is 0 Å². The molecule has 0 aromatic heterocycles. The lowest BCUT2D eigenvalue weighted by molar-refractivity contribution is -0.394. The number of alkyl halides is 1. The molecule has 0 bridgehead atoms. The third-order valence-electron chi connectivity index (χ3n) is 5.14. The van der Waals surface area contributed by atoms with Crippen LogP contribution in [0.5, 0.6) is 0 Å². The van der Waals surface area contributed by atoms with E-state index in [0.29, 0.717) is 31.5 Å². The van der Waals surface area contributed by atoms with Crippen LogP contribution >= 0.6 is 15.9 Å². The standard InChI is InChI=1S/C19H28BrN5O9S/c1-35(31,32)34-14-11-23(8-5-20)16-4-3-15(24(27)28)17(18(16)25(29)30)19(26)21-6-2-7-22-9-12-33-13-10-22/h3-4H,2,5-14H2,1H3,(H,21,26). The molecule has 2 rings (SSSR count). The molecular weight excluding hydrogens is 554 g/mol. The van der Waals surface area contributed by atoms with Gasteiger partial charge in [0.25, 0.3) is 21.7 Å². The van der Waals surface area contributed by atoms with Gasteiger partial charge in [-0.25, -0.2) is 0 Å². The molecule has 1 amide bonds. The Labute approximate surface area is 211 Å².